The van der Waals surface area contributed by atoms with Crippen LogP contribution < -0.4 is 10.3 Å². The molecule has 0 aliphatic heterocycles. The number of carboxylic acid groups (broad SMARTS) is 1. The lowest BCUT2D eigenvalue weighted by Crippen LogP contribution is -2.25. The summed E-state index contributed by atoms with van der Waals surface area (Å²) in [5, 5.41) is 23.5. The summed E-state index contributed by atoms with van der Waals surface area (Å²) in [4.78, 5) is 23.0. The van der Waals surface area contributed by atoms with Gasteiger partial charge in [0.15, 0.2) is 6.10 Å². The molecule has 3 aromatic rings. The summed E-state index contributed by atoms with van der Waals surface area (Å²) in [6.07, 6.45) is 1.86. The van der Waals surface area contributed by atoms with E-state index < -0.39 is 12.1 Å². The molecule has 1 heterocycles. The van der Waals surface area contributed by atoms with E-state index in [0.717, 1.165) is 10.9 Å². The molecule has 0 aliphatic rings. The van der Waals surface area contributed by atoms with Crippen LogP contribution >= 0.6 is 0 Å². The van der Waals surface area contributed by atoms with Crippen LogP contribution in [0, 0.1) is 0 Å². The molecule has 1 aromatic heterocycles. The van der Waals surface area contributed by atoms with Crippen LogP contribution in [0.25, 0.3) is 10.8 Å². The quantitative estimate of drug-likeness (QED) is 0.589. The predicted molar refractivity (Wildman–Crippen MR) is 105 cm³/mol. The molecule has 0 bridgehead atoms. The minimum atomic E-state index is -1.31. The van der Waals surface area contributed by atoms with E-state index in [-0.39, 0.29) is 12.0 Å². The molecule has 146 valence electrons. The number of aliphatic hydroxyl groups excluding tert-OH is 1. The van der Waals surface area contributed by atoms with Crippen molar-refractivity contribution < 1.29 is 19.7 Å². The molecule has 0 amide bonds. The van der Waals surface area contributed by atoms with Crippen molar-refractivity contribution in [1.29, 1.82) is 0 Å². The lowest BCUT2D eigenvalue weighted by Gasteiger charge is -2.09. The van der Waals surface area contributed by atoms with Gasteiger partial charge in [0.25, 0.3) is 5.56 Å². The van der Waals surface area contributed by atoms with E-state index in [9.17, 15) is 14.7 Å². The largest absolute Gasteiger partial charge is 0.492 e. The van der Waals surface area contributed by atoms with Crippen LogP contribution in [0.4, 0.5) is 0 Å². The van der Waals surface area contributed by atoms with Crippen molar-refractivity contribution in [2.45, 2.75) is 31.9 Å². The number of carboxylic acids is 1. The Hall–Kier alpha value is -3.19. The van der Waals surface area contributed by atoms with Crippen molar-refractivity contribution >= 4 is 16.7 Å². The number of hydrogen-bond donors (Lipinski definition) is 2. The van der Waals surface area contributed by atoms with Crippen LogP contribution in [0.1, 0.15) is 18.4 Å². The fourth-order valence-corrected chi connectivity index (χ4v) is 2.91. The maximum atomic E-state index is 12.4. The number of ether oxygens (including phenoxy) is 1. The second kappa shape index (κ2) is 9.14. The van der Waals surface area contributed by atoms with Crippen LogP contribution in [0.3, 0.4) is 0 Å². The van der Waals surface area contributed by atoms with Crippen molar-refractivity contribution in [3.63, 3.8) is 0 Å². The number of rotatable bonds is 9. The van der Waals surface area contributed by atoms with Gasteiger partial charge in [-0.1, -0.05) is 30.3 Å². The van der Waals surface area contributed by atoms with Crippen LogP contribution in [0.2, 0.25) is 0 Å². The number of benzene rings is 2. The molecule has 0 saturated carbocycles. The summed E-state index contributed by atoms with van der Waals surface area (Å²) in [5.41, 5.74) is 0.901. The highest BCUT2D eigenvalue weighted by molar-refractivity contribution is 5.80. The number of aliphatic hydroxyl groups is 1. The highest BCUT2D eigenvalue weighted by Gasteiger charge is 2.12. The van der Waals surface area contributed by atoms with Gasteiger partial charge in [0.1, 0.15) is 12.4 Å². The standard InChI is InChI=1S/C21H22N2O5/c24-19(21(26)27)7-3-4-15-8-10-17(11-9-15)28-13-12-23-20(25)18-6-2-1-5-16(18)14-22-23/h1-2,5-6,8-11,14,19,24H,3-4,7,12-13H2,(H,26,27). The molecule has 0 aliphatic carbocycles. The van der Waals surface area contributed by atoms with Gasteiger partial charge in [-0.05, 0) is 43.0 Å². The predicted octanol–water partition coefficient (Wildman–Crippen LogP) is 2.24. The molecule has 2 N–H and O–H groups in total. The van der Waals surface area contributed by atoms with E-state index in [1.807, 2.05) is 42.5 Å². The van der Waals surface area contributed by atoms with Gasteiger partial charge < -0.3 is 14.9 Å². The maximum absolute atomic E-state index is 12.4. The van der Waals surface area contributed by atoms with Crippen molar-refractivity contribution in [2.75, 3.05) is 6.61 Å². The molecule has 3 rings (SSSR count). The highest BCUT2D eigenvalue weighted by atomic mass is 16.5. The molecular weight excluding hydrogens is 360 g/mol. The van der Waals surface area contributed by atoms with Crippen LogP contribution in [-0.4, -0.2) is 38.7 Å². The van der Waals surface area contributed by atoms with Gasteiger partial charge in [0.2, 0.25) is 0 Å². The Labute approximate surface area is 161 Å². The third-order valence-electron chi connectivity index (χ3n) is 4.49. The molecule has 0 spiro atoms. The molecule has 0 saturated heterocycles. The van der Waals surface area contributed by atoms with Gasteiger partial charge in [0, 0.05) is 5.39 Å². The summed E-state index contributed by atoms with van der Waals surface area (Å²) in [6, 6.07) is 14.8. The first kappa shape index (κ1) is 19.6. The first-order valence-corrected chi connectivity index (χ1v) is 9.12. The van der Waals surface area contributed by atoms with Gasteiger partial charge in [0.05, 0.1) is 18.1 Å². The van der Waals surface area contributed by atoms with Crippen molar-refractivity contribution in [2.24, 2.45) is 0 Å². The first-order chi connectivity index (χ1) is 13.5. The van der Waals surface area contributed by atoms with E-state index in [4.69, 9.17) is 9.84 Å². The molecule has 7 heteroatoms. The number of aromatic nitrogens is 2. The summed E-state index contributed by atoms with van der Waals surface area (Å²) in [7, 11) is 0. The third kappa shape index (κ3) is 4.95. The molecular formula is C21H22N2O5. The van der Waals surface area contributed by atoms with Gasteiger partial charge in [-0.2, -0.15) is 5.10 Å². The molecule has 2 aromatic carbocycles. The lowest BCUT2D eigenvalue weighted by molar-refractivity contribution is -0.146. The van der Waals surface area contributed by atoms with E-state index in [0.29, 0.717) is 37.1 Å². The molecule has 1 unspecified atom stereocenters. The first-order valence-electron chi connectivity index (χ1n) is 9.12. The van der Waals surface area contributed by atoms with E-state index in [2.05, 4.69) is 5.10 Å². The molecule has 28 heavy (non-hydrogen) atoms. The number of carbonyl (C=O) groups is 1. The zero-order chi connectivity index (χ0) is 19.9. The van der Waals surface area contributed by atoms with Crippen molar-refractivity contribution in [3.8, 4) is 5.75 Å². The Morgan fingerprint density at radius 2 is 1.89 bits per heavy atom. The Kier molecular flexibility index (Phi) is 6.39. The minimum Gasteiger partial charge on any atom is -0.492 e. The second-order valence-electron chi connectivity index (χ2n) is 6.50. The van der Waals surface area contributed by atoms with Crippen molar-refractivity contribution in [1.82, 2.24) is 9.78 Å². The number of aliphatic carboxylic acids is 1. The topological polar surface area (TPSA) is 102 Å². The summed E-state index contributed by atoms with van der Waals surface area (Å²) >= 11 is 0. The zero-order valence-corrected chi connectivity index (χ0v) is 15.3. The van der Waals surface area contributed by atoms with Gasteiger partial charge >= 0.3 is 5.97 Å². The van der Waals surface area contributed by atoms with Crippen LogP contribution in [0.15, 0.2) is 59.5 Å². The van der Waals surface area contributed by atoms with Gasteiger partial charge in [-0.3, -0.25) is 4.79 Å². The maximum Gasteiger partial charge on any atom is 0.332 e. The highest BCUT2D eigenvalue weighted by Crippen LogP contribution is 2.14. The average Bonchev–Trinajstić information content (AvgIpc) is 2.71. The smallest absolute Gasteiger partial charge is 0.332 e. The zero-order valence-electron chi connectivity index (χ0n) is 15.3. The number of aryl methyl sites for hydroxylation is 1. The third-order valence-corrected chi connectivity index (χ3v) is 4.49. The molecule has 0 radical (unpaired) electrons. The summed E-state index contributed by atoms with van der Waals surface area (Å²) in [6.45, 7) is 0.661. The lowest BCUT2D eigenvalue weighted by atomic mass is 10.1. The minimum absolute atomic E-state index is 0.138. The van der Waals surface area contributed by atoms with Crippen LogP contribution in [0.5, 0.6) is 5.75 Å². The molecule has 7 nitrogen and oxygen atoms in total. The summed E-state index contributed by atoms with van der Waals surface area (Å²) < 4.78 is 7.08. The van der Waals surface area contributed by atoms with Gasteiger partial charge in [-0.25, -0.2) is 9.48 Å². The number of nitrogens with zero attached hydrogens (tertiary/aromatic N) is 2. The average molecular weight is 382 g/mol. The molecule has 1 atom stereocenters. The summed E-state index contributed by atoms with van der Waals surface area (Å²) in [5.74, 6) is -0.507. The fourth-order valence-electron chi connectivity index (χ4n) is 2.91. The SMILES string of the molecule is O=C(O)C(O)CCCc1ccc(OCCn2ncc3ccccc3c2=O)cc1. The second-order valence-corrected chi connectivity index (χ2v) is 6.50. The van der Waals surface area contributed by atoms with E-state index in [1.54, 1.807) is 12.3 Å². The Balaban J connectivity index is 1.49. The monoisotopic (exact) mass is 382 g/mol. The van der Waals surface area contributed by atoms with Crippen LogP contribution in [-0.2, 0) is 17.8 Å². The number of hydrogen-bond acceptors (Lipinski definition) is 5. The Morgan fingerprint density at radius 3 is 2.64 bits per heavy atom. The Bertz CT molecular complexity index is 998. The van der Waals surface area contributed by atoms with E-state index >= 15 is 0 Å². The Morgan fingerprint density at radius 1 is 1.14 bits per heavy atom. The van der Waals surface area contributed by atoms with Crippen molar-refractivity contribution in [3.05, 3.63) is 70.6 Å². The number of fused-ring (bicyclic) bond motifs is 1. The molecule has 0 fully saturated rings. The van der Waals surface area contributed by atoms with E-state index in [1.165, 1.54) is 4.68 Å². The normalized spacial score (nSPS) is 12.0. The fraction of sp³-hybridized carbons (Fsp3) is 0.286. The van der Waals surface area contributed by atoms with Gasteiger partial charge in [-0.15, -0.1) is 0 Å².